The molecule has 0 bridgehead atoms. The van der Waals surface area contributed by atoms with Gasteiger partial charge in [0.1, 0.15) is 5.92 Å². The van der Waals surface area contributed by atoms with E-state index >= 15 is 0 Å². The fraction of sp³-hybridized carbons (Fsp3) is 0.200. The Labute approximate surface area is 185 Å². The number of nitrogens with zero attached hydrogens (tertiary/aromatic N) is 2. The van der Waals surface area contributed by atoms with Crippen LogP contribution >= 0.6 is 0 Å². The molecule has 2 heterocycles. The molecule has 0 aromatic heterocycles. The van der Waals surface area contributed by atoms with E-state index in [1.165, 1.54) is 18.1 Å². The molecule has 2 aliphatic rings. The van der Waals surface area contributed by atoms with Crippen LogP contribution in [-0.2, 0) is 14.4 Å². The molecule has 2 fully saturated rings. The van der Waals surface area contributed by atoms with Gasteiger partial charge in [0.05, 0.1) is 24.5 Å². The van der Waals surface area contributed by atoms with Crippen LogP contribution in [0.1, 0.15) is 17.2 Å². The standard InChI is InChI=1S/C25H22N2O5/c1-15-8-6-7-11-18(15)26-24(29)21-22(16-12-13-19(28)20(14-16)31-2)27(32-23(21)25(26)30)17-9-4-3-5-10-17/h3-14,21-23,28H,1-2H3/t21-,22-,23-/m1/s1. The number of hydroxylamine groups is 1. The van der Waals surface area contributed by atoms with Crippen molar-refractivity contribution < 1.29 is 24.3 Å². The number of imide groups is 1. The van der Waals surface area contributed by atoms with E-state index in [2.05, 4.69) is 0 Å². The SMILES string of the molecule is COc1cc([C@@H]2[C@H]3C(=O)N(c4ccccc4C)C(=O)[C@@H]3ON2c2ccccc2)ccc1O. The van der Waals surface area contributed by atoms with Gasteiger partial charge in [-0.05, 0) is 48.4 Å². The van der Waals surface area contributed by atoms with Crippen LogP contribution < -0.4 is 14.7 Å². The molecule has 162 valence electrons. The molecule has 3 aromatic rings. The number of hydrogen-bond acceptors (Lipinski definition) is 6. The molecule has 0 radical (unpaired) electrons. The van der Waals surface area contributed by atoms with Gasteiger partial charge in [-0.2, -0.15) is 0 Å². The lowest BCUT2D eigenvalue weighted by molar-refractivity contribution is -0.126. The first kappa shape index (κ1) is 20.1. The molecule has 2 aliphatic heterocycles. The fourth-order valence-corrected chi connectivity index (χ4v) is 4.48. The molecule has 2 amide bonds. The number of phenols is 1. The van der Waals surface area contributed by atoms with Crippen LogP contribution in [0.4, 0.5) is 11.4 Å². The van der Waals surface area contributed by atoms with E-state index < -0.39 is 18.1 Å². The van der Waals surface area contributed by atoms with Crippen molar-refractivity contribution in [3.05, 3.63) is 83.9 Å². The lowest BCUT2D eigenvalue weighted by Crippen LogP contribution is -2.37. The van der Waals surface area contributed by atoms with E-state index in [9.17, 15) is 14.7 Å². The second-order valence-electron chi connectivity index (χ2n) is 7.89. The van der Waals surface area contributed by atoms with Crippen LogP contribution in [0, 0.1) is 12.8 Å². The van der Waals surface area contributed by atoms with Crippen molar-refractivity contribution in [2.24, 2.45) is 5.92 Å². The third kappa shape index (κ3) is 3.01. The molecule has 0 saturated carbocycles. The monoisotopic (exact) mass is 430 g/mol. The van der Waals surface area contributed by atoms with Crippen molar-refractivity contribution in [3.8, 4) is 11.5 Å². The molecule has 0 spiro atoms. The number of ether oxygens (including phenoxy) is 1. The predicted molar refractivity (Wildman–Crippen MR) is 118 cm³/mol. The summed E-state index contributed by atoms with van der Waals surface area (Å²) in [5.74, 6) is -1.18. The Kier molecular flexibility index (Phi) is 4.83. The maximum atomic E-state index is 13.6. The van der Waals surface area contributed by atoms with Crippen molar-refractivity contribution in [2.45, 2.75) is 19.1 Å². The molecule has 3 atom stereocenters. The lowest BCUT2D eigenvalue weighted by Gasteiger charge is -2.29. The molecular weight excluding hydrogens is 408 g/mol. The zero-order valence-corrected chi connectivity index (χ0v) is 17.6. The molecule has 32 heavy (non-hydrogen) atoms. The van der Waals surface area contributed by atoms with Crippen LogP contribution in [0.25, 0.3) is 0 Å². The topological polar surface area (TPSA) is 79.3 Å². The van der Waals surface area contributed by atoms with E-state index in [0.29, 0.717) is 11.3 Å². The van der Waals surface area contributed by atoms with E-state index in [1.54, 1.807) is 29.3 Å². The average Bonchev–Trinajstić information content (AvgIpc) is 3.31. The summed E-state index contributed by atoms with van der Waals surface area (Å²) >= 11 is 0. The summed E-state index contributed by atoms with van der Waals surface area (Å²) in [6, 6.07) is 21.0. The first-order valence-corrected chi connectivity index (χ1v) is 10.3. The number of phenolic OH excluding ortho intramolecular Hbond substituents is 1. The van der Waals surface area contributed by atoms with Gasteiger partial charge in [-0.3, -0.25) is 14.4 Å². The number of amides is 2. The summed E-state index contributed by atoms with van der Waals surface area (Å²) in [4.78, 5) is 34.4. The molecule has 7 heteroatoms. The quantitative estimate of drug-likeness (QED) is 0.635. The van der Waals surface area contributed by atoms with Crippen molar-refractivity contribution in [1.29, 1.82) is 0 Å². The molecule has 2 saturated heterocycles. The Bertz CT molecular complexity index is 1200. The number of fused-ring (bicyclic) bond motifs is 1. The van der Waals surface area contributed by atoms with Gasteiger partial charge in [0.15, 0.2) is 17.6 Å². The van der Waals surface area contributed by atoms with Gasteiger partial charge >= 0.3 is 0 Å². The number of para-hydroxylation sites is 2. The van der Waals surface area contributed by atoms with Gasteiger partial charge in [-0.1, -0.05) is 42.5 Å². The summed E-state index contributed by atoms with van der Waals surface area (Å²) < 4.78 is 5.28. The zero-order valence-electron chi connectivity index (χ0n) is 17.6. The smallest absolute Gasteiger partial charge is 0.266 e. The Hall–Kier alpha value is -3.84. The minimum atomic E-state index is -0.952. The summed E-state index contributed by atoms with van der Waals surface area (Å²) in [6.07, 6.45) is -0.952. The van der Waals surface area contributed by atoms with Crippen molar-refractivity contribution >= 4 is 23.2 Å². The van der Waals surface area contributed by atoms with Gasteiger partial charge in [0, 0.05) is 0 Å². The minimum absolute atomic E-state index is 0.00617. The van der Waals surface area contributed by atoms with Gasteiger partial charge in [0.2, 0.25) is 5.91 Å². The second-order valence-corrected chi connectivity index (χ2v) is 7.89. The first-order valence-electron chi connectivity index (χ1n) is 10.3. The number of methoxy groups -OCH3 is 1. The van der Waals surface area contributed by atoms with Gasteiger partial charge in [-0.15, -0.1) is 0 Å². The molecule has 7 nitrogen and oxygen atoms in total. The van der Waals surface area contributed by atoms with E-state index in [0.717, 1.165) is 11.3 Å². The van der Waals surface area contributed by atoms with Crippen molar-refractivity contribution in [1.82, 2.24) is 0 Å². The number of carbonyl (C=O) groups is 2. The zero-order chi connectivity index (χ0) is 22.4. The third-order valence-corrected chi connectivity index (χ3v) is 6.03. The van der Waals surface area contributed by atoms with Crippen LogP contribution in [0.15, 0.2) is 72.8 Å². The number of carbonyl (C=O) groups excluding carboxylic acids is 2. The summed E-state index contributed by atoms with van der Waals surface area (Å²) in [6.45, 7) is 1.86. The van der Waals surface area contributed by atoms with Crippen LogP contribution in [-0.4, -0.2) is 30.1 Å². The highest BCUT2D eigenvalue weighted by atomic mass is 16.7. The maximum Gasteiger partial charge on any atom is 0.266 e. The van der Waals surface area contributed by atoms with E-state index in [-0.39, 0.29) is 23.3 Å². The number of hydrogen-bond donors (Lipinski definition) is 1. The normalized spacial score (nSPS) is 22.4. The van der Waals surface area contributed by atoms with Crippen LogP contribution in [0.2, 0.25) is 0 Å². The van der Waals surface area contributed by atoms with Gasteiger partial charge in [0.25, 0.3) is 5.91 Å². The Balaban J connectivity index is 1.62. The molecule has 5 rings (SSSR count). The van der Waals surface area contributed by atoms with Crippen LogP contribution in [0.5, 0.6) is 11.5 Å². The summed E-state index contributed by atoms with van der Waals surface area (Å²) in [5.41, 5.74) is 2.82. The van der Waals surface area contributed by atoms with Crippen molar-refractivity contribution in [2.75, 3.05) is 17.1 Å². The number of anilines is 2. The highest BCUT2D eigenvalue weighted by Gasteiger charge is 2.60. The minimum Gasteiger partial charge on any atom is -0.504 e. The Morgan fingerprint density at radius 1 is 0.938 bits per heavy atom. The van der Waals surface area contributed by atoms with E-state index in [1.807, 2.05) is 49.4 Å². The summed E-state index contributed by atoms with van der Waals surface area (Å²) in [7, 11) is 1.46. The first-order chi connectivity index (χ1) is 15.5. The number of benzene rings is 3. The number of aryl methyl sites for hydroxylation is 1. The lowest BCUT2D eigenvalue weighted by atomic mass is 9.90. The molecule has 0 aliphatic carbocycles. The highest BCUT2D eigenvalue weighted by molar-refractivity contribution is 6.24. The Morgan fingerprint density at radius 2 is 1.66 bits per heavy atom. The fourth-order valence-electron chi connectivity index (χ4n) is 4.48. The van der Waals surface area contributed by atoms with Gasteiger partial charge in [-0.25, -0.2) is 9.96 Å². The van der Waals surface area contributed by atoms with Crippen molar-refractivity contribution in [3.63, 3.8) is 0 Å². The number of aromatic hydroxyl groups is 1. The highest BCUT2D eigenvalue weighted by Crippen LogP contribution is 2.48. The average molecular weight is 430 g/mol. The maximum absolute atomic E-state index is 13.6. The molecule has 3 aromatic carbocycles. The largest absolute Gasteiger partial charge is 0.504 e. The molecular formula is C25H22N2O5. The van der Waals surface area contributed by atoms with E-state index in [4.69, 9.17) is 9.57 Å². The predicted octanol–water partition coefficient (Wildman–Crippen LogP) is 3.76. The molecule has 1 N–H and O–H groups in total. The summed E-state index contributed by atoms with van der Waals surface area (Å²) in [5, 5.41) is 11.7. The van der Waals surface area contributed by atoms with Gasteiger partial charge < -0.3 is 9.84 Å². The number of rotatable bonds is 4. The second kappa shape index (κ2) is 7.69. The van der Waals surface area contributed by atoms with Crippen LogP contribution in [0.3, 0.4) is 0 Å². The molecule has 0 unspecified atom stereocenters. The Morgan fingerprint density at radius 3 is 2.38 bits per heavy atom. The third-order valence-electron chi connectivity index (χ3n) is 6.03.